The molecule has 0 spiro atoms. The number of nitriles is 1. The number of nitrogens with one attached hydrogen (secondary N) is 2. The molecule has 0 fully saturated rings. The van der Waals surface area contributed by atoms with Gasteiger partial charge in [-0.1, -0.05) is 18.2 Å². The molecule has 1 atom stereocenters. The molecule has 1 aliphatic rings. The summed E-state index contributed by atoms with van der Waals surface area (Å²) in [5.41, 5.74) is 2.27. The molecule has 12 heavy (non-hydrogen) atoms. The molecule has 0 aromatic heterocycles. The average Bonchev–Trinajstić information content (AvgIpc) is 2.17. The number of rotatable bonds is 0. The van der Waals surface area contributed by atoms with Gasteiger partial charge in [0, 0.05) is 12.2 Å². The van der Waals surface area contributed by atoms with E-state index in [0.717, 1.165) is 12.2 Å². The highest BCUT2D eigenvalue weighted by Crippen LogP contribution is 2.18. The van der Waals surface area contributed by atoms with Crippen LogP contribution in [0.15, 0.2) is 24.3 Å². The normalized spacial score (nSPS) is 20.4. The van der Waals surface area contributed by atoms with Gasteiger partial charge in [-0.05, 0) is 11.6 Å². The Hall–Kier alpha value is -1.53. The second-order valence-electron chi connectivity index (χ2n) is 2.74. The fourth-order valence-corrected chi connectivity index (χ4v) is 1.31. The van der Waals surface area contributed by atoms with E-state index in [-0.39, 0.29) is 6.17 Å². The zero-order valence-corrected chi connectivity index (χ0v) is 6.54. The van der Waals surface area contributed by atoms with Gasteiger partial charge in [-0.25, -0.2) is 0 Å². The Morgan fingerprint density at radius 3 is 3.08 bits per heavy atom. The minimum Gasteiger partial charge on any atom is -0.358 e. The van der Waals surface area contributed by atoms with Gasteiger partial charge in [0.05, 0.1) is 0 Å². The van der Waals surface area contributed by atoms with Crippen LogP contribution in [-0.2, 0) is 6.54 Å². The molecular formula is C9H9N3. The van der Waals surface area contributed by atoms with E-state index in [0.29, 0.717) is 0 Å². The molecule has 60 valence electrons. The van der Waals surface area contributed by atoms with Gasteiger partial charge in [-0.2, -0.15) is 5.26 Å². The van der Waals surface area contributed by atoms with Crippen LogP contribution in [0.25, 0.3) is 0 Å². The summed E-state index contributed by atoms with van der Waals surface area (Å²) >= 11 is 0. The number of benzene rings is 1. The third-order valence-electron chi connectivity index (χ3n) is 1.94. The molecule has 1 aliphatic heterocycles. The average molecular weight is 159 g/mol. The van der Waals surface area contributed by atoms with Gasteiger partial charge < -0.3 is 5.32 Å². The fraction of sp³-hybridized carbons (Fsp3) is 0.222. The van der Waals surface area contributed by atoms with Crippen LogP contribution in [0.5, 0.6) is 0 Å². The minimum atomic E-state index is -0.250. The Morgan fingerprint density at radius 1 is 1.42 bits per heavy atom. The standard InChI is InChI=1S/C9H9N3/c10-5-9-11-6-7-3-1-2-4-8(7)12-9/h1-4,9,11-12H,6H2/t9-/m0/s1. The predicted octanol–water partition coefficient (Wildman–Crippen LogP) is 1.05. The third kappa shape index (κ3) is 1.13. The SMILES string of the molecule is N#C[C@H]1NCc2ccccc2N1. The first-order chi connectivity index (χ1) is 5.90. The maximum atomic E-state index is 8.64. The van der Waals surface area contributed by atoms with Gasteiger partial charge in [-0.3, -0.25) is 5.32 Å². The lowest BCUT2D eigenvalue weighted by atomic mass is 10.1. The third-order valence-corrected chi connectivity index (χ3v) is 1.94. The zero-order valence-electron chi connectivity index (χ0n) is 6.54. The second kappa shape index (κ2) is 2.84. The van der Waals surface area contributed by atoms with Crippen LogP contribution in [-0.4, -0.2) is 6.17 Å². The molecule has 3 nitrogen and oxygen atoms in total. The summed E-state index contributed by atoms with van der Waals surface area (Å²) in [5.74, 6) is 0. The Morgan fingerprint density at radius 2 is 2.25 bits per heavy atom. The maximum absolute atomic E-state index is 8.64. The van der Waals surface area contributed by atoms with Gasteiger partial charge >= 0.3 is 0 Å². The number of nitrogens with zero attached hydrogens (tertiary/aromatic N) is 1. The van der Waals surface area contributed by atoms with Crippen LogP contribution in [0.2, 0.25) is 0 Å². The Labute approximate surface area is 71.0 Å². The van der Waals surface area contributed by atoms with E-state index >= 15 is 0 Å². The molecular weight excluding hydrogens is 150 g/mol. The highest BCUT2D eigenvalue weighted by Gasteiger charge is 2.14. The summed E-state index contributed by atoms with van der Waals surface area (Å²) in [6, 6.07) is 10.1. The highest BCUT2D eigenvalue weighted by atomic mass is 15.1. The van der Waals surface area contributed by atoms with Crippen LogP contribution in [0.1, 0.15) is 5.56 Å². The van der Waals surface area contributed by atoms with Crippen molar-refractivity contribution in [1.29, 1.82) is 5.26 Å². The van der Waals surface area contributed by atoms with Gasteiger partial charge in [0.25, 0.3) is 0 Å². The number of anilines is 1. The predicted molar refractivity (Wildman–Crippen MR) is 46.3 cm³/mol. The smallest absolute Gasteiger partial charge is 0.167 e. The molecule has 1 aromatic carbocycles. The van der Waals surface area contributed by atoms with E-state index in [1.165, 1.54) is 5.56 Å². The van der Waals surface area contributed by atoms with E-state index in [4.69, 9.17) is 5.26 Å². The van der Waals surface area contributed by atoms with E-state index < -0.39 is 0 Å². The van der Waals surface area contributed by atoms with E-state index in [9.17, 15) is 0 Å². The van der Waals surface area contributed by atoms with Crippen LogP contribution < -0.4 is 10.6 Å². The molecule has 0 bridgehead atoms. The largest absolute Gasteiger partial charge is 0.358 e. The topological polar surface area (TPSA) is 47.9 Å². The lowest BCUT2D eigenvalue weighted by Crippen LogP contribution is -2.38. The summed E-state index contributed by atoms with van der Waals surface area (Å²) in [7, 11) is 0. The maximum Gasteiger partial charge on any atom is 0.167 e. The summed E-state index contributed by atoms with van der Waals surface area (Å²) < 4.78 is 0. The lowest BCUT2D eigenvalue weighted by molar-refractivity contribution is 0.629. The number of hydrogen-bond acceptors (Lipinski definition) is 3. The molecule has 0 saturated carbocycles. The van der Waals surface area contributed by atoms with Crippen molar-refractivity contribution < 1.29 is 0 Å². The van der Waals surface area contributed by atoms with Crippen LogP contribution >= 0.6 is 0 Å². The summed E-state index contributed by atoms with van der Waals surface area (Å²) in [6.45, 7) is 0.765. The van der Waals surface area contributed by atoms with E-state index in [2.05, 4.69) is 16.7 Å². The van der Waals surface area contributed by atoms with Crippen molar-refractivity contribution in [2.75, 3.05) is 5.32 Å². The summed E-state index contributed by atoms with van der Waals surface area (Å²) in [4.78, 5) is 0. The van der Waals surface area contributed by atoms with Gasteiger partial charge in [0.15, 0.2) is 6.17 Å². The quantitative estimate of drug-likeness (QED) is 0.595. The molecule has 0 amide bonds. The van der Waals surface area contributed by atoms with Crippen LogP contribution in [0.4, 0.5) is 5.69 Å². The molecule has 1 heterocycles. The van der Waals surface area contributed by atoms with Gasteiger partial charge in [0.1, 0.15) is 6.07 Å². The molecule has 0 unspecified atom stereocenters. The molecule has 2 N–H and O–H groups in total. The number of fused-ring (bicyclic) bond motifs is 1. The van der Waals surface area contributed by atoms with Crippen molar-refractivity contribution in [3.63, 3.8) is 0 Å². The zero-order chi connectivity index (χ0) is 8.39. The summed E-state index contributed by atoms with van der Waals surface area (Å²) in [5, 5.41) is 14.8. The number of hydrogen-bond donors (Lipinski definition) is 2. The molecule has 2 rings (SSSR count). The van der Waals surface area contributed by atoms with Crippen molar-refractivity contribution >= 4 is 5.69 Å². The number of para-hydroxylation sites is 1. The van der Waals surface area contributed by atoms with Crippen molar-refractivity contribution in [3.05, 3.63) is 29.8 Å². The molecule has 0 saturated heterocycles. The monoisotopic (exact) mass is 159 g/mol. The Bertz CT molecular complexity index is 327. The van der Waals surface area contributed by atoms with E-state index in [1.807, 2.05) is 24.3 Å². The Kier molecular flexibility index (Phi) is 1.69. The lowest BCUT2D eigenvalue weighted by Gasteiger charge is -2.23. The van der Waals surface area contributed by atoms with E-state index in [1.54, 1.807) is 0 Å². The van der Waals surface area contributed by atoms with Crippen molar-refractivity contribution in [3.8, 4) is 6.07 Å². The van der Waals surface area contributed by atoms with Gasteiger partial charge in [0.2, 0.25) is 0 Å². The van der Waals surface area contributed by atoms with Gasteiger partial charge in [-0.15, -0.1) is 0 Å². The molecule has 3 heteroatoms. The first-order valence-electron chi connectivity index (χ1n) is 3.87. The van der Waals surface area contributed by atoms with Crippen LogP contribution in [0, 0.1) is 11.3 Å². The fourth-order valence-electron chi connectivity index (χ4n) is 1.31. The van der Waals surface area contributed by atoms with Crippen molar-refractivity contribution in [2.45, 2.75) is 12.7 Å². The Balaban J connectivity index is 2.30. The first-order valence-corrected chi connectivity index (χ1v) is 3.87. The molecule has 1 aromatic rings. The van der Waals surface area contributed by atoms with Crippen LogP contribution in [0.3, 0.4) is 0 Å². The molecule has 0 aliphatic carbocycles. The van der Waals surface area contributed by atoms with Crippen molar-refractivity contribution in [1.82, 2.24) is 5.32 Å². The summed E-state index contributed by atoms with van der Waals surface area (Å²) in [6.07, 6.45) is -0.250. The van der Waals surface area contributed by atoms with Crippen molar-refractivity contribution in [2.24, 2.45) is 0 Å². The second-order valence-corrected chi connectivity index (χ2v) is 2.74. The highest BCUT2D eigenvalue weighted by molar-refractivity contribution is 5.54. The molecule has 0 radical (unpaired) electrons. The first kappa shape index (κ1) is 7.14. The minimum absolute atomic E-state index is 0.250.